The summed E-state index contributed by atoms with van der Waals surface area (Å²) in [4.78, 5) is 30.9. The van der Waals surface area contributed by atoms with E-state index in [1.165, 1.54) is 21.5 Å². The fourth-order valence-electron chi connectivity index (χ4n) is 2.68. The Hall–Kier alpha value is -2.67. The number of H-pyrrole nitrogens is 1. The van der Waals surface area contributed by atoms with Gasteiger partial charge in [-0.05, 0) is 18.4 Å². The predicted octanol–water partition coefficient (Wildman–Crippen LogP) is 3.05. The highest BCUT2D eigenvalue weighted by molar-refractivity contribution is 7.13. The second-order valence-electron chi connectivity index (χ2n) is 6.08. The molecule has 0 saturated carbocycles. The first-order chi connectivity index (χ1) is 11.9. The van der Waals surface area contributed by atoms with E-state index in [-0.39, 0.29) is 11.4 Å². The Balaban J connectivity index is 2.05. The fourth-order valence-corrected chi connectivity index (χ4v) is 3.50. The lowest BCUT2D eigenvalue weighted by molar-refractivity contribution is 0.706. The van der Waals surface area contributed by atoms with Crippen LogP contribution in [0, 0.1) is 0 Å². The van der Waals surface area contributed by atoms with E-state index in [1.54, 1.807) is 12.3 Å². The number of rotatable bonds is 4. The van der Waals surface area contributed by atoms with Gasteiger partial charge in [-0.25, -0.2) is 9.78 Å². The summed E-state index contributed by atoms with van der Waals surface area (Å²) in [6, 6.07) is 8.22. The Bertz CT molecular complexity index is 1010. The second-order valence-corrected chi connectivity index (χ2v) is 6.94. The molecule has 0 radical (unpaired) electrons. The number of nitrogen functional groups attached to an aromatic ring is 1. The summed E-state index contributed by atoms with van der Waals surface area (Å²) in [5.41, 5.74) is 7.98. The van der Waals surface area contributed by atoms with Crippen LogP contribution in [0.3, 0.4) is 0 Å². The Morgan fingerprint density at radius 3 is 2.52 bits per heavy atom. The second kappa shape index (κ2) is 6.68. The Labute approximate surface area is 149 Å². The molecule has 3 N–H and O–H groups in total. The average molecular weight is 356 g/mol. The molecule has 0 saturated heterocycles. The van der Waals surface area contributed by atoms with Crippen LogP contribution in [0.5, 0.6) is 0 Å². The van der Waals surface area contributed by atoms with Crippen LogP contribution in [0.4, 0.5) is 5.82 Å². The summed E-state index contributed by atoms with van der Waals surface area (Å²) >= 11 is 1.44. The molecule has 3 aromatic rings. The van der Waals surface area contributed by atoms with Crippen LogP contribution >= 0.6 is 11.3 Å². The molecular formula is C18H20N4O2S. The first-order valence-corrected chi connectivity index (χ1v) is 8.99. The minimum Gasteiger partial charge on any atom is -0.384 e. The highest BCUT2D eigenvalue weighted by Gasteiger charge is 2.17. The van der Waals surface area contributed by atoms with Crippen molar-refractivity contribution in [3.05, 3.63) is 56.0 Å². The monoisotopic (exact) mass is 356 g/mol. The van der Waals surface area contributed by atoms with Crippen LogP contribution in [0.2, 0.25) is 0 Å². The van der Waals surface area contributed by atoms with Crippen LogP contribution in [-0.4, -0.2) is 14.5 Å². The van der Waals surface area contributed by atoms with Crippen LogP contribution in [0.15, 0.2) is 39.2 Å². The summed E-state index contributed by atoms with van der Waals surface area (Å²) in [5, 5.41) is 2.59. The molecule has 0 bridgehead atoms. The molecule has 1 aromatic carbocycles. The molecule has 0 atom stereocenters. The van der Waals surface area contributed by atoms with Crippen molar-refractivity contribution in [1.82, 2.24) is 14.5 Å². The lowest BCUT2D eigenvalue weighted by Crippen LogP contribution is -2.32. The molecule has 2 aromatic heterocycles. The van der Waals surface area contributed by atoms with Crippen molar-refractivity contribution in [2.24, 2.45) is 0 Å². The molecule has 0 amide bonds. The Kier molecular flexibility index (Phi) is 4.59. The molecule has 0 fully saturated rings. The first-order valence-electron chi connectivity index (χ1n) is 8.11. The zero-order valence-electron chi connectivity index (χ0n) is 14.4. The van der Waals surface area contributed by atoms with Gasteiger partial charge in [0, 0.05) is 17.5 Å². The first kappa shape index (κ1) is 17.2. The third-order valence-corrected chi connectivity index (χ3v) is 5.03. The SMILES string of the molecule is CCn1c(N)c(-c2csc(-c3ccc(C(C)C)cc3)n2)c(=O)[nH]c1=O. The van der Waals surface area contributed by atoms with Gasteiger partial charge in [0.05, 0.1) is 5.69 Å². The minimum absolute atomic E-state index is 0.142. The standard InChI is InChI=1S/C18H20N4O2S/c1-4-22-15(19)14(16(23)21-18(22)24)13-9-25-17(20-13)12-7-5-11(6-8-12)10(2)3/h5-10H,4,19H2,1-3H3,(H,21,23,24). The lowest BCUT2D eigenvalue weighted by Gasteiger charge is -2.09. The Morgan fingerprint density at radius 2 is 1.92 bits per heavy atom. The molecule has 25 heavy (non-hydrogen) atoms. The summed E-state index contributed by atoms with van der Waals surface area (Å²) in [7, 11) is 0. The highest BCUT2D eigenvalue weighted by Crippen LogP contribution is 2.30. The van der Waals surface area contributed by atoms with Crippen molar-refractivity contribution in [1.29, 1.82) is 0 Å². The molecular weight excluding hydrogens is 336 g/mol. The average Bonchev–Trinajstić information content (AvgIpc) is 3.04. The zero-order valence-corrected chi connectivity index (χ0v) is 15.2. The van der Waals surface area contributed by atoms with E-state index in [2.05, 4.69) is 35.9 Å². The van der Waals surface area contributed by atoms with Crippen LogP contribution in [0.25, 0.3) is 21.8 Å². The van der Waals surface area contributed by atoms with Gasteiger partial charge < -0.3 is 5.73 Å². The summed E-state index contributed by atoms with van der Waals surface area (Å²) in [6.45, 7) is 6.47. The van der Waals surface area contributed by atoms with Crippen molar-refractivity contribution in [3.63, 3.8) is 0 Å². The molecule has 7 heteroatoms. The van der Waals surface area contributed by atoms with Gasteiger partial charge in [-0.1, -0.05) is 38.1 Å². The van der Waals surface area contributed by atoms with Gasteiger partial charge >= 0.3 is 5.69 Å². The maximum absolute atomic E-state index is 12.2. The van der Waals surface area contributed by atoms with E-state index in [1.807, 2.05) is 12.1 Å². The third-order valence-electron chi connectivity index (χ3n) is 4.14. The van der Waals surface area contributed by atoms with E-state index in [4.69, 9.17) is 5.73 Å². The van der Waals surface area contributed by atoms with Gasteiger partial charge in [-0.15, -0.1) is 11.3 Å². The number of hydrogen-bond donors (Lipinski definition) is 2. The highest BCUT2D eigenvalue weighted by atomic mass is 32.1. The lowest BCUT2D eigenvalue weighted by atomic mass is 10.0. The maximum atomic E-state index is 12.2. The number of anilines is 1. The van der Waals surface area contributed by atoms with E-state index < -0.39 is 11.2 Å². The van der Waals surface area contributed by atoms with Crippen LogP contribution in [0.1, 0.15) is 32.3 Å². The fraction of sp³-hybridized carbons (Fsp3) is 0.278. The number of nitrogens with zero attached hydrogens (tertiary/aromatic N) is 2. The number of nitrogens with two attached hydrogens (primary N) is 1. The van der Waals surface area contributed by atoms with Gasteiger partial charge in [0.25, 0.3) is 5.56 Å². The normalized spacial score (nSPS) is 11.2. The minimum atomic E-state index is -0.515. The predicted molar refractivity (Wildman–Crippen MR) is 102 cm³/mol. The van der Waals surface area contributed by atoms with Crippen LogP contribution < -0.4 is 17.0 Å². The molecule has 2 heterocycles. The number of thiazole rings is 1. The number of hydrogen-bond acceptors (Lipinski definition) is 5. The Morgan fingerprint density at radius 1 is 1.24 bits per heavy atom. The van der Waals surface area contributed by atoms with E-state index in [9.17, 15) is 9.59 Å². The zero-order chi connectivity index (χ0) is 18.1. The van der Waals surface area contributed by atoms with Crippen molar-refractivity contribution in [2.45, 2.75) is 33.2 Å². The largest absolute Gasteiger partial charge is 0.384 e. The quantitative estimate of drug-likeness (QED) is 0.751. The molecule has 0 unspecified atom stereocenters. The van der Waals surface area contributed by atoms with Crippen molar-refractivity contribution < 1.29 is 0 Å². The topological polar surface area (TPSA) is 93.8 Å². The van der Waals surface area contributed by atoms with Gasteiger partial charge in [-0.3, -0.25) is 14.3 Å². The summed E-state index contributed by atoms with van der Waals surface area (Å²) in [6.07, 6.45) is 0. The molecule has 3 rings (SSSR count). The molecule has 0 aliphatic rings. The van der Waals surface area contributed by atoms with Crippen LogP contribution in [-0.2, 0) is 6.54 Å². The smallest absolute Gasteiger partial charge is 0.329 e. The van der Waals surface area contributed by atoms with Crippen molar-refractivity contribution in [2.75, 3.05) is 5.73 Å². The molecule has 6 nitrogen and oxygen atoms in total. The van der Waals surface area contributed by atoms with Crippen molar-refractivity contribution in [3.8, 4) is 21.8 Å². The molecule has 0 spiro atoms. The van der Waals surface area contributed by atoms with E-state index in [0.717, 1.165) is 10.6 Å². The molecule has 0 aliphatic heterocycles. The number of aromatic nitrogens is 3. The maximum Gasteiger partial charge on any atom is 0.329 e. The van der Waals surface area contributed by atoms with Gasteiger partial charge in [0.1, 0.15) is 16.4 Å². The molecule has 0 aliphatic carbocycles. The third kappa shape index (κ3) is 3.15. The van der Waals surface area contributed by atoms with Gasteiger partial charge in [0.2, 0.25) is 0 Å². The summed E-state index contributed by atoms with van der Waals surface area (Å²) in [5.74, 6) is 0.609. The van der Waals surface area contributed by atoms with E-state index >= 15 is 0 Å². The number of benzene rings is 1. The van der Waals surface area contributed by atoms with Crippen molar-refractivity contribution >= 4 is 17.2 Å². The van der Waals surface area contributed by atoms with E-state index in [0.29, 0.717) is 18.2 Å². The number of nitrogens with one attached hydrogen (secondary N) is 1. The van der Waals surface area contributed by atoms with Gasteiger partial charge in [-0.2, -0.15) is 0 Å². The van der Waals surface area contributed by atoms with Gasteiger partial charge in [0.15, 0.2) is 0 Å². The molecule has 130 valence electrons. The summed E-state index contributed by atoms with van der Waals surface area (Å²) < 4.78 is 1.33. The number of aromatic amines is 1.